The molecule has 1 aromatic heterocycles. The summed E-state index contributed by atoms with van der Waals surface area (Å²) in [5.74, 6) is 0.327. The lowest BCUT2D eigenvalue weighted by Crippen LogP contribution is -2.32. The first-order valence-electron chi connectivity index (χ1n) is 7.41. The van der Waals surface area contributed by atoms with Crippen molar-refractivity contribution in [3.8, 4) is 0 Å². The molecule has 21 heavy (non-hydrogen) atoms. The molecule has 0 unspecified atom stereocenters. The predicted molar refractivity (Wildman–Crippen MR) is 80.2 cm³/mol. The van der Waals surface area contributed by atoms with Crippen LogP contribution >= 0.6 is 0 Å². The van der Waals surface area contributed by atoms with E-state index in [0.29, 0.717) is 0 Å². The molecule has 0 saturated heterocycles. The highest BCUT2D eigenvalue weighted by molar-refractivity contribution is 5.81. The Morgan fingerprint density at radius 1 is 1.29 bits per heavy atom. The highest BCUT2D eigenvalue weighted by atomic mass is 16.4. The van der Waals surface area contributed by atoms with Gasteiger partial charge in [-0.05, 0) is 24.0 Å². The van der Waals surface area contributed by atoms with Crippen molar-refractivity contribution in [1.29, 1.82) is 0 Å². The van der Waals surface area contributed by atoms with Crippen molar-refractivity contribution >= 4 is 5.97 Å². The van der Waals surface area contributed by atoms with Crippen LogP contribution in [0.15, 0.2) is 36.7 Å². The van der Waals surface area contributed by atoms with Crippen LogP contribution in [0, 0.1) is 0 Å². The number of nitrogens with zero attached hydrogens (tertiary/aromatic N) is 2. The highest BCUT2D eigenvalue weighted by Crippen LogP contribution is 2.41. The lowest BCUT2D eigenvalue weighted by molar-refractivity contribution is -0.143. The van der Waals surface area contributed by atoms with Crippen LogP contribution in [-0.4, -0.2) is 20.6 Å². The Balaban J connectivity index is 1.84. The van der Waals surface area contributed by atoms with Gasteiger partial charge in [-0.1, -0.05) is 37.1 Å². The Labute approximate surface area is 124 Å². The van der Waals surface area contributed by atoms with Gasteiger partial charge in [0.25, 0.3) is 0 Å². The van der Waals surface area contributed by atoms with Gasteiger partial charge in [0.1, 0.15) is 5.82 Å². The Kier molecular flexibility index (Phi) is 3.53. The van der Waals surface area contributed by atoms with E-state index < -0.39 is 11.4 Å². The zero-order valence-corrected chi connectivity index (χ0v) is 12.2. The second-order valence-corrected chi connectivity index (χ2v) is 5.92. The number of carbonyl (C=O) groups is 1. The molecule has 2 aromatic rings. The van der Waals surface area contributed by atoms with Crippen LogP contribution in [0.2, 0.25) is 0 Å². The Hall–Kier alpha value is -2.10. The van der Waals surface area contributed by atoms with E-state index >= 15 is 0 Å². The Morgan fingerprint density at radius 3 is 2.48 bits per heavy atom. The van der Waals surface area contributed by atoms with Crippen molar-refractivity contribution in [2.45, 2.75) is 37.5 Å². The summed E-state index contributed by atoms with van der Waals surface area (Å²) < 4.78 is 2.00. The minimum atomic E-state index is -0.683. The summed E-state index contributed by atoms with van der Waals surface area (Å²) in [6.45, 7) is 0. The molecular weight excluding hydrogens is 264 g/mol. The number of benzene rings is 1. The van der Waals surface area contributed by atoms with E-state index in [1.54, 1.807) is 6.20 Å². The van der Waals surface area contributed by atoms with Gasteiger partial charge in [-0.15, -0.1) is 0 Å². The number of aromatic nitrogens is 2. The van der Waals surface area contributed by atoms with Crippen molar-refractivity contribution in [2.24, 2.45) is 7.05 Å². The van der Waals surface area contributed by atoms with Crippen molar-refractivity contribution in [3.05, 3.63) is 53.6 Å². The van der Waals surface area contributed by atoms with Crippen molar-refractivity contribution in [1.82, 2.24) is 9.55 Å². The molecule has 4 heteroatoms. The number of carboxylic acids is 1. The monoisotopic (exact) mass is 284 g/mol. The number of imidazole rings is 1. The maximum atomic E-state index is 11.7. The van der Waals surface area contributed by atoms with Gasteiger partial charge in [0.15, 0.2) is 0 Å². The smallest absolute Gasteiger partial charge is 0.314 e. The minimum Gasteiger partial charge on any atom is -0.481 e. The second kappa shape index (κ2) is 5.35. The number of aryl methyl sites for hydroxylation is 1. The third-order valence-electron chi connectivity index (χ3n) is 4.66. The van der Waals surface area contributed by atoms with Gasteiger partial charge >= 0.3 is 5.97 Å². The highest BCUT2D eigenvalue weighted by Gasteiger charge is 2.42. The van der Waals surface area contributed by atoms with Crippen LogP contribution in [0.25, 0.3) is 0 Å². The summed E-state index contributed by atoms with van der Waals surface area (Å²) in [5, 5.41) is 9.62. The first-order chi connectivity index (χ1) is 10.1. The normalized spacial score (nSPS) is 17.0. The van der Waals surface area contributed by atoms with E-state index in [0.717, 1.165) is 49.1 Å². The van der Waals surface area contributed by atoms with Gasteiger partial charge in [-0.3, -0.25) is 4.79 Å². The molecule has 1 N–H and O–H groups in total. The molecule has 1 fully saturated rings. The van der Waals surface area contributed by atoms with E-state index in [1.807, 2.05) is 42.1 Å². The molecule has 1 heterocycles. The standard InChI is InChI=1S/C17H20N2O2/c1-19-11-10-18-15(19)12-13-4-6-14(7-5-13)17(16(20)21)8-2-3-9-17/h4-7,10-11H,2-3,8-9,12H2,1H3,(H,20,21). The SMILES string of the molecule is Cn1ccnc1Cc1ccc(C2(C(=O)O)CCCC2)cc1. The van der Waals surface area contributed by atoms with Crippen LogP contribution in [-0.2, 0) is 23.7 Å². The van der Waals surface area contributed by atoms with Gasteiger partial charge in [-0.25, -0.2) is 4.98 Å². The van der Waals surface area contributed by atoms with Crippen LogP contribution in [0.5, 0.6) is 0 Å². The quantitative estimate of drug-likeness (QED) is 0.939. The summed E-state index contributed by atoms with van der Waals surface area (Å²) in [6.07, 6.45) is 8.00. The van der Waals surface area contributed by atoms with Crippen molar-refractivity contribution < 1.29 is 9.90 Å². The van der Waals surface area contributed by atoms with Gasteiger partial charge in [0, 0.05) is 25.9 Å². The summed E-state index contributed by atoms with van der Waals surface area (Å²) in [7, 11) is 1.98. The molecule has 110 valence electrons. The molecular formula is C17H20N2O2. The zero-order chi connectivity index (χ0) is 14.9. The number of hydrogen-bond acceptors (Lipinski definition) is 2. The molecule has 0 spiro atoms. The van der Waals surface area contributed by atoms with Crippen LogP contribution in [0.1, 0.15) is 42.6 Å². The topological polar surface area (TPSA) is 55.1 Å². The van der Waals surface area contributed by atoms with Gasteiger partial charge in [0.05, 0.1) is 5.41 Å². The van der Waals surface area contributed by atoms with E-state index in [1.165, 1.54) is 0 Å². The molecule has 1 aliphatic carbocycles. The first kappa shape index (κ1) is 13.9. The first-order valence-corrected chi connectivity index (χ1v) is 7.41. The number of rotatable bonds is 4. The summed E-state index contributed by atoms with van der Waals surface area (Å²) in [5.41, 5.74) is 1.43. The predicted octanol–water partition coefficient (Wildman–Crippen LogP) is 2.91. The maximum Gasteiger partial charge on any atom is 0.314 e. The fourth-order valence-electron chi connectivity index (χ4n) is 3.30. The second-order valence-electron chi connectivity index (χ2n) is 5.92. The summed E-state index contributed by atoms with van der Waals surface area (Å²) in [4.78, 5) is 16.0. The lowest BCUT2D eigenvalue weighted by Gasteiger charge is -2.24. The number of carboxylic acid groups (broad SMARTS) is 1. The molecule has 1 saturated carbocycles. The van der Waals surface area contributed by atoms with Gasteiger partial charge < -0.3 is 9.67 Å². The van der Waals surface area contributed by atoms with E-state index in [9.17, 15) is 9.90 Å². The Morgan fingerprint density at radius 2 is 1.95 bits per heavy atom. The molecule has 1 aliphatic rings. The number of aliphatic carboxylic acids is 1. The van der Waals surface area contributed by atoms with Gasteiger partial charge in [0.2, 0.25) is 0 Å². The number of hydrogen-bond donors (Lipinski definition) is 1. The molecule has 3 rings (SSSR count). The minimum absolute atomic E-state index is 0.665. The van der Waals surface area contributed by atoms with E-state index in [4.69, 9.17) is 0 Å². The fraction of sp³-hybridized carbons (Fsp3) is 0.412. The molecule has 4 nitrogen and oxygen atoms in total. The van der Waals surface area contributed by atoms with Crippen LogP contribution in [0.4, 0.5) is 0 Å². The van der Waals surface area contributed by atoms with Gasteiger partial charge in [-0.2, -0.15) is 0 Å². The third-order valence-corrected chi connectivity index (χ3v) is 4.66. The molecule has 1 aromatic carbocycles. The third kappa shape index (κ3) is 2.46. The van der Waals surface area contributed by atoms with Crippen LogP contribution in [0.3, 0.4) is 0 Å². The van der Waals surface area contributed by atoms with Crippen molar-refractivity contribution in [2.75, 3.05) is 0 Å². The fourth-order valence-corrected chi connectivity index (χ4v) is 3.30. The zero-order valence-electron chi connectivity index (χ0n) is 12.2. The average molecular weight is 284 g/mol. The molecule has 0 radical (unpaired) electrons. The maximum absolute atomic E-state index is 11.7. The largest absolute Gasteiger partial charge is 0.481 e. The van der Waals surface area contributed by atoms with E-state index in [-0.39, 0.29) is 0 Å². The summed E-state index contributed by atoms with van der Waals surface area (Å²) in [6, 6.07) is 8.04. The van der Waals surface area contributed by atoms with E-state index in [2.05, 4.69) is 4.98 Å². The molecule has 0 amide bonds. The molecule has 0 aliphatic heterocycles. The molecule has 0 atom stereocenters. The summed E-state index contributed by atoms with van der Waals surface area (Å²) >= 11 is 0. The molecule has 0 bridgehead atoms. The average Bonchev–Trinajstić information content (AvgIpc) is 3.11. The van der Waals surface area contributed by atoms with Crippen LogP contribution < -0.4 is 0 Å². The lowest BCUT2D eigenvalue weighted by atomic mass is 9.78. The Bertz CT molecular complexity index is 637. The van der Waals surface area contributed by atoms with Crippen molar-refractivity contribution in [3.63, 3.8) is 0 Å².